The first kappa shape index (κ1) is 12.0. The van der Waals surface area contributed by atoms with Crippen LogP contribution in [0.5, 0.6) is 0 Å². The van der Waals surface area contributed by atoms with Crippen LogP contribution < -0.4 is 0 Å². The number of hydrogen-bond donors (Lipinski definition) is 1. The fourth-order valence-corrected chi connectivity index (χ4v) is 2.47. The van der Waals surface area contributed by atoms with Crippen LogP contribution in [0.4, 0.5) is 0 Å². The normalized spacial score (nSPS) is 35.6. The summed E-state index contributed by atoms with van der Waals surface area (Å²) in [5.41, 5.74) is -0.444. The first-order chi connectivity index (χ1) is 6.33. The number of aliphatic hydroxyl groups is 1. The van der Waals surface area contributed by atoms with Gasteiger partial charge in [-0.25, -0.2) is 0 Å². The van der Waals surface area contributed by atoms with Crippen molar-refractivity contribution in [2.24, 2.45) is 5.92 Å². The van der Waals surface area contributed by atoms with Crippen molar-refractivity contribution in [2.75, 3.05) is 6.54 Å². The van der Waals surface area contributed by atoms with Crippen LogP contribution >= 0.6 is 0 Å². The molecule has 2 nitrogen and oxygen atoms in total. The lowest BCUT2D eigenvalue weighted by atomic mass is 9.82. The zero-order valence-corrected chi connectivity index (χ0v) is 10.2. The highest BCUT2D eigenvalue weighted by molar-refractivity contribution is 4.91. The van der Waals surface area contributed by atoms with Gasteiger partial charge in [0.05, 0.1) is 5.60 Å². The third-order valence-electron chi connectivity index (χ3n) is 3.42. The molecule has 0 aromatic carbocycles. The van der Waals surface area contributed by atoms with Crippen molar-refractivity contribution < 1.29 is 5.11 Å². The molecule has 0 amide bonds. The van der Waals surface area contributed by atoms with Gasteiger partial charge >= 0.3 is 0 Å². The number of piperidine rings is 1. The predicted octanol–water partition coefficient (Wildman–Crippen LogP) is 2.27. The molecule has 0 bridgehead atoms. The summed E-state index contributed by atoms with van der Waals surface area (Å²) in [4.78, 5) is 2.53. The maximum absolute atomic E-state index is 10.1. The molecule has 1 heterocycles. The number of rotatable bonds is 2. The van der Waals surface area contributed by atoms with E-state index in [4.69, 9.17) is 0 Å². The molecule has 1 aliphatic rings. The molecule has 1 fully saturated rings. The van der Waals surface area contributed by atoms with Gasteiger partial charge in [-0.3, -0.25) is 4.90 Å². The molecule has 2 atom stereocenters. The van der Waals surface area contributed by atoms with E-state index in [-0.39, 0.29) is 0 Å². The van der Waals surface area contributed by atoms with Crippen molar-refractivity contribution in [1.82, 2.24) is 4.90 Å². The lowest BCUT2D eigenvalue weighted by molar-refractivity contribution is -0.0545. The van der Waals surface area contributed by atoms with E-state index in [0.29, 0.717) is 18.0 Å². The van der Waals surface area contributed by atoms with E-state index >= 15 is 0 Å². The van der Waals surface area contributed by atoms with Crippen molar-refractivity contribution in [3.63, 3.8) is 0 Å². The summed E-state index contributed by atoms with van der Waals surface area (Å²) in [6.07, 6.45) is 1.83. The van der Waals surface area contributed by atoms with Crippen LogP contribution in [0.2, 0.25) is 0 Å². The molecule has 14 heavy (non-hydrogen) atoms. The molecule has 1 rings (SSSR count). The first-order valence-electron chi connectivity index (χ1n) is 5.81. The maximum Gasteiger partial charge on any atom is 0.0647 e. The van der Waals surface area contributed by atoms with Gasteiger partial charge in [0, 0.05) is 18.6 Å². The fourth-order valence-electron chi connectivity index (χ4n) is 2.47. The highest BCUT2D eigenvalue weighted by Gasteiger charge is 2.36. The molecule has 0 radical (unpaired) electrons. The molecule has 1 aliphatic heterocycles. The summed E-state index contributed by atoms with van der Waals surface area (Å²) in [7, 11) is 0. The Bertz CT molecular complexity index is 187. The molecule has 84 valence electrons. The minimum atomic E-state index is -0.444. The zero-order valence-electron chi connectivity index (χ0n) is 10.2. The summed E-state index contributed by atoms with van der Waals surface area (Å²) < 4.78 is 0. The standard InChI is InChI=1S/C12H25NO/c1-9(2)11-8-12(5,14)6-7-13(11)10(3)4/h9-11,14H,6-8H2,1-5H3. The van der Waals surface area contributed by atoms with E-state index in [0.717, 1.165) is 19.4 Å². The van der Waals surface area contributed by atoms with Crippen LogP contribution in [-0.4, -0.2) is 34.2 Å². The maximum atomic E-state index is 10.1. The third-order valence-corrected chi connectivity index (χ3v) is 3.42. The van der Waals surface area contributed by atoms with Gasteiger partial charge in [-0.1, -0.05) is 13.8 Å². The SMILES string of the molecule is CC(C)C1CC(C)(O)CCN1C(C)C. The van der Waals surface area contributed by atoms with Gasteiger partial charge in [-0.15, -0.1) is 0 Å². The number of hydrogen-bond acceptors (Lipinski definition) is 2. The topological polar surface area (TPSA) is 23.5 Å². The zero-order chi connectivity index (χ0) is 10.9. The predicted molar refractivity (Wildman–Crippen MR) is 60.3 cm³/mol. The quantitative estimate of drug-likeness (QED) is 0.737. The minimum Gasteiger partial charge on any atom is -0.390 e. The molecule has 1 saturated heterocycles. The molecule has 0 aromatic heterocycles. The van der Waals surface area contributed by atoms with E-state index in [1.165, 1.54) is 0 Å². The summed E-state index contributed by atoms with van der Waals surface area (Å²) in [6, 6.07) is 1.14. The lowest BCUT2D eigenvalue weighted by Crippen LogP contribution is -2.53. The highest BCUT2D eigenvalue weighted by Crippen LogP contribution is 2.31. The molecular formula is C12H25NO. The van der Waals surface area contributed by atoms with Crippen LogP contribution in [0.25, 0.3) is 0 Å². The van der Waals surface area contributed by atoms with Gasteiger partial charge in [0.25, 0.3) is 0 Å². The summed E-state index contributed by atoms with van der Waals surface area (Å²) in [5.74, 6) is 0.629. The highest BCUT2D eigenvalue weighted by atomic mass is 16.3. The summed E-state index contributed by atoms with van der Waals surface area (Å²) in [5, 5.41) is 10.1. The molecule has 0 aromatic rings. The molecule has 2 unspecified atom stereocenters. The van der Waals surface area contributed by atoms with E-state index in [1.54, 1.807) is 0 Å². The molecule has 0 aliphatic carbocycles. The second kappa shape index (κ2) is 4.19. The van der Waals surface area contributed by atoms with Crippen LogP contribution in [0.3, 0.4) is 0 Å². The first-order valence-corrected chi connectivity index (χ1v) is 5.81. The van der Waals surface area contributed by atoms with E-state index < -0.39 is 5.60 Å². The number of nitrogens with zero attached hydrogens (tertiary/aromatic N) is 1. The van der Waals surface area contributed by atoms with E-state index in [1.807, 2.05) is 6.92 Å². The van der Waals surface area contributed by atoms with Crippen molar-refractivity contribution in [3.8, 4) is 0 Å². The average molecular weight is 199 g/mol. The Kier molecular flexibility index (Phi) is 3.59. The monoisotopic (exact) mass is 199 g/mol. The van der Waals surface area contributed by atoms with E-state index in [9.17, 15) is 5.11 Å². The second-order valence-corrected chi connectivity index (χ2v) is 5.59. The Morgan fingerprint density at radius 2 is 1.86 bits per heavy atom. The van der Waals surface area contributed by atoms with Crippen molar-refractivity contribution >= 4 is 0 Å². The molecule has 0 saturated carbocycles. The van der Waals surface area contributed by atoms with E-state index in [2.05, 4.69) is 32.6 Å². The van der Waals surface area contributed by atoms with Gasteiger partial charge in [0.1, 0.15) is 0 Å². The molecule has 0 spiro atoms. The molecule has 2 heteroatoms. The average Bonchev–Trinajstić information content (AvgIpc) is 2.01. The van der Waals surface area contributed by atoms with Crippen LogP contribution in [0.15, 0.2) is 0 Å². The van der Waals surface area contributed by atoms with Crippen molar-refractivity contribution in [3.05, 3.63) is 0 Å². The van der Waals surface area contributed by atoms with Gasteiger partial charge in [0.2, 0.25) is 0 Å². The smallest absolute Gasteiger partial charge is 0.0647 e. The fraction of sp³-hybridized carbons (Fsp3) is 1.00. The van der Waals surface area contributed by atoms with Crippen molar-refractivity contribution in [1.29, 1.82) is 0 Å². The van der Waals surface area contributed by atoms with Crippen LogP contribution in [0.1, 0.15) is 47.5 Å². The Balaban J connectivity index is 2.71. The van der Waals surface area contributed by atoms with Crippen LogP contribution in [0, 0.1) is 5.92 Å². The largest absolute Gasteiger partial charge is 0.390 e. The second-order valence-electron chi connectivity index (χ2n) is 5.59. The van der Waals surface area contributed by atoms with Gasteiger partial charge in [-0.2, -0.15) is 0 Å². The Labute approximate surface area is 88.3 Å². The van der Waals surface area contributed by atoms with Gasteiger partial charge < -0.3 is 5.11 Å². The summed E-state index contributed by atoms with van der Waals surface area (Å²) >= 11 is 0. The third kappa shape index (κ3) is 2.71. The summed E-state index contributed by atoms with van der Waals surface area (Å²) in [6.45, 7) is 12.0. The number of likely N-dealkylation sites (tertiary alicyclic amines) is 1. The Morgan fingerprint density at radius 1 is 1.29 bits per heavy atom. The lowest BCUT2D eigenvalue weighted by Gasteiger charge is -2.46. The Morgan fingerprint density at radius 3 is 2.29 bits per heavy atom. The molecule has 1 N–H and O–H groups in total. The van der Waals surface area contributed by atoms with Crippen LogP contribution in [-0.2, 0) is 0 Å². The van der Waals surface area contributed by atoms with Crippen molar-refractivity contribution in [2.45, 2.75) is 65.1 Å². The van der Waals surface area contributed by atoms with Gasteiger partial charge in [-0.05, 0) is 39.5 Å². The minimum absolute atomic E-state index is 0.444. The van der Waals surface area contributed by atoms with Gasteiger partial charge in [0.15, 0.2) is 0 Å². The Hall–Kier alpha value is -0.0800. The molecular weight excluding hydrogens is 174 g/mol.